The molecular formula is C12H9NO3. The summed E-state index contributed by atoms with van der Waals surface area (Å²) in [5.41, 5.74) is 0.400. The van der Waals surface area contributed by atoms with Crippen molar-refractivity contribution in [1.82, 2.24) is 4.98 Å². The predicted octanol–water partition coefficient (Wildman–Crippen LogP) is 2.03. The standard InChI is InChI=1S/C12H9NO3/c1-2-11(15)16-10-7-6-8-4-3-5-9(14)12(8)13-10/h2-7,14H,1H2. The third-order valence-electron chi connectivity index (χ3n) is 2.05. The van der Waals surface area contributed by atoms with E-state index in [2.05, 4.69) is 11.6 Å². The van der Waals surface area contributed by atoms with Gasteiger partial charge in [0, 0.05) is 17.5 Å². The second kappa shape index (κ2) is 4.02. The fraction of sp³-hybridized carbons (Fsp3) is 0. The lowest BCUT2D eigenvalue weighted by atomic mass is 10.2. The van der Waals surface area contributed by atoms with E-state index in [1.165, 1.54) is 6.07 Å². The molecule has 1 N–H and O–H groups in total. The molecule has 4 nitrogen and oxygen atoms in total. The molecule has 0 fully saturated rings. The van der Waals surface area contributed by atoms with E-state index in [-0.39, 0.29) is 11.6 Å². The van der Waals surface area contributed by atoms with Crippen molar-refractivity contribution < 1.29 is 14.6 Å². The number of nitrogens with zero attached hydrogens (tertiary/aromatic N) is 1. The molecule has 0 aliphatic rings. The third kappa shape index (κ3) is 1.86. The molecule has 1 aromatic carbocycles. The van der Waals surface area contributed by atoms with Gasteiger partial charge in [0.2, 0.25) is 5.88 Å². The predicted molar refractivity (Wildman–Crippen MR) is 59.2 cm³/mol. The molecule has 2 aromatic rings. The lowest BCUT2D eigenvalue weighted by Gasteiger charge is -2.03. The van der Waals surface area contributed by atoms with E-state index in [0.717, 1.165) is 11.5 Å². The number of para-hydroxylation sites is 1. The molecule has 4 heteroatoms. The Morgan fingerprint density at radius 3 is 2.94 bits per heavy atom. The van der Waals surface area contributed by atoms with Crippen molar-refractivity contribution in [2.75, 3.05) is 0 Å². The molecule has 0 aliphatic heterocycles. The van der Waals surface area contributed by atoms with Gasteiger partial charge in [0.05, 0.1) is 0 Å². The summed E-state index contributed by atoms with van der Waals surface area (Å²) in [5.74, 6) is -0.393. The number of aromatic nitrogens is 1. The zero-order chi connectivity index (χ0) is 11.5. The minimum Gasteiger partial charge on any atom is -0.506 e. The number of ether oxygens (including phenoxy) is 1. The maximum atomic E-state index is 11.0. The molecule has 0 amide bonds. The summed E-state index contributed by atoms with van der Waals surface area (Å²) in [7, 11) is 0. The summed E-state index contributed by atoms with van der Waals surface area (Å²) in [6, 6.07) is 8.32. The van der Waals surface area contributed by atoms with Gasteiger partial charge in [-0.25, -0.2) is 9.78 Å². The lowest BCUT2D eigenvalue weighted by molar-refractivity contribution is -0.129. The number of carbonyl (C=O) groups excluding carboxylic acids is 1. The first-order valence-electron chi connectivity index (χ1n) is 4.63. The first-order chi connectivity index (χ1) is 7.70. The van der Waals surface area contributed by atoms with Crippen LogP contribution in [0.3, 0.4) is 0 Å². The van der Waals surface area contributed by atoms with Crippen molar-refractivity contribution in [3.05, 3.63) is 43.0 Å². The van der Waals surface area contributed by atoms with Gasteiger partial charge in [0.25, 0.3) is 0 Å². The number of phenols is 1. The maximum absolute atomic E-state index is 11.0. The van der Waals surface area contributed by atoms with Crippen molar-refractivity contribution in [2.45, 2.75) is 0 Å². The molecule has 1 heterocycles. The summed E-state index contributed by atoms with van der Waals surface area (Å²) in [4.78, 5) is 15.0. The number of fused-ring (bicyclic) bond motifs is 1. The lowest BCUT2D eigenvalue weighted by Crippen LogP contribution is -2.04. The van der Waals surface area contributed by atoms with Crippen LogP contribution in [0.25, 0.3) is 10.9 Å². The molecule has 0 aliphatic carbocycles. The molecule has 0 spiro atoms. The first-order valence-corrected chi connectivity index (χ1v) is 4.63. The smallest absolute Gasteiger partial charge is 0.336 e. The molecule has 0 saturated heterocycles. The summed E-state index contributed by atoms with van der Waals surface area (Å²) in [6.07, 6.45) is 1.05. The number of hydrogen-bond acceptors (Lipinski definition) is 4. The Morgan fingerprint density at radius 1 is 1.38 bits per heavy atom. The molecular weight excluding hydrogens is 206 g/mol. The molecule has 0 radical (unpaired) electrons. The van der Waals surface area contributed by atoms with E-state index in [9.17, 15) is 9.90 Å². The number of rotatable bonds is 2. The van der Waals surface area contributed by atoms with Gasteiger partial charge >= 0.3 is 5.97 Å². The average molecular weight is 215 g/mol. The number of aromatic hydroxyl groups is 1. The van der Waals surface area contributed by atoms with Crippen molar-refractivity contribution in [1.29, 1.82) is 0 Å². The molecule has 16 heavy (non-hydrogen) atoms. The largest absolute Gasteiger partial charge is 0.506 e. The van der Waals surface area contributed by atoms with Gasteiger partial charge in [0.15, 0.2) is 0 Å². The highest BCUT2D eigenvalue weighted by atomic mass is 16.5. The van der Waals surface area contributed by atoms with Crippen LogP contribution in [0.5, 0.6) is 11.6 Å². The van der Waals surface area contributed by atoms with Crippen LogP contribution >= 0.6 is 0 Å². The monoisotopic (exact) mass is 215 g/mol. The highest BCUT2D eigenvalue weighted by Crippen LogP contribution is 2.24. The minimum atomic E-state index is -0.581. The molecule has 0 atom stereocenters. The fourth-order valence-corrected chi connectivity index (χ4v) is 1.32. The molecule has 80 valence electrons. The minimum absolute atomic E-state index is 0.0500. The zero-order valence-electron chi connectivity index (χ0n) is 8.38. The Bertz CT molecular complexity index is 563. The van der Waals surface area contributed by atoms with Gasteiger partial charge in [-0.3, -0.25) is 0 Å². The van der Waals surface area contributed by atoms with Crippen LogP contribution in [-0.2, 0) is 4.79 Å². The molecule has 2 rings (SSSR count). The zero-order valence-corrected chi connectivity index (χ0v) is 8.38. The normalized spacial score (nSPS) is 10.0. The van der Waals surface area contributed by atoms with E-state index in [1.807, 2.05) is 0 Å². The second-order valence-corrected chi connectivity index (χ2v) is 3.12. The summed E-state index contributed by atoms with van der Waals surface area (Å²) < 4.78 is 4.85. The van der Waals surface area contributed by atoms with Gasteiger partial charge in [-0.1, -0.05) is 18.7 Å². The van der Waals surface area contributed by atoms with Crippen LogP contribution in [-0.4, -0.2) is 16.1 Å². The van der Waals surface area contributed by atoms with Crippen molar-refractivity contribution in [2.24, 2.45) is 0 Å². The van der Waals surface area contributed by atoms with E-state index in [1.54, 1.807) is 24.3 Å². The Hall–Kier alpha value is -2.36. The van der Waals surface area contributed by atoms with Crippen LogP contribution in [0.1, 0.15) is 0 Å². The van der Waals surface area contributed by atoms with E-state index in [0.29, 0.717) is 5.52 Å². The topological polar surface area (TPSA) is 59.4 Å². The van der Waals surface area contributed by atoms with Gasteiger partial charge in [-0.15, -0.1) is 0 Å². The Labute approximate surface area is 91.8 Å². The highest BCUT2D eigenvalue weighted by molar-refractivity contribution is 5.86. The number of phenolic OH excluding ortho intramolecular Hbond substituents is 1. The number of benzene rings is 1. The number of esters is 1. The Balaban J connectivity index is 2.47. The van der Waals surface area contributed by atoms with Crippen molar-refractivity contribution >= 4 is 16.9 Å². The summed E-state index contributed by atoms with van der Waals surface area (Å²) in [6.45, 7) is 3.28. The molecule has 0 bridgehead atoms. The van der Waals surface area contributed by atoms with E-state index < -0.39 is 5.97 Å². The number of pyridine rings is 1. The summed E-state index contributed by atoms with van der Waals surface area (Å²) in [5, 5.41) is 10.3. The maximum Gasteiger partial charge on any atom is 0.336 e. The highest BCUT2D eigenvalue weighted by Gasteiger charge is 2.05. The Kier molecular flexibility index (Phi) is 2.55. The van der Waals surface area contributed by atoms with Crippen LogP contribution < -0.4 is 4.74 Å². The quantitative estimate of drug-likeness (QED) is 0.615. The Morgan fingerprint density at radius 2 is 2.19 bits per heavy atom. The number of carbonyl (C=O) groups is 1. The second-order valence-electron chi connectivity index (χ2n) is 3.12. The van der Waals surface area contributed by atoms with Gasteiger partial charge in [0.1, 0.15) is 11.3 Å². The van der Waals surface area contributed by atoms with E-state index in [4.69, 9.17) is 4.74 Å². The van der Waals surface area contributed by atoms with E-state index >= 15 is 0 Å². The number of hydrogen-bond donors (Lipinski definition) is 1. The van der Waals surface area contributed by atoms with Crippen molar-refractivity contribution in [3.63, 3.8) is 0 Å². The first kappa shape index (κ1) is 10.2. The van der Waals surface area contributed by atoms with Gasteiger partial charge in [-0.05, 0) is 12.1 Å². The van der Waals surface area contributed by atoms with Crippen molar-refractivity contribution in [3.8, 4) is 11.6 Å². The van der Waals surface area contributed by atoms with Gasteiger partial charge in [-0.2, -0.15) is 0 Å². The SMILES string of the molecule is C=CC(=O)Oc1ccc2cccc(O)c2n1. The molecule has 1 aromatic heterocycles. The summed E-state index contributed by atoms with van der Waals surface area (Å²) >= 11 is 0. The van der Waals surface area contributed by atoms with Crippen LogP contribution in [0.4, 0.5) is 0 Å². The fourth-order valence-electron chi connectivity index (χ4n) is 1.32. The van der Waals surface area contributed by atoms with Crippen LogP contribution in [0.15, 0.2) is 43.0 Å². The third-order valence-corrected chi connectivity index (χ3v) is 2.05. The molecule has 0 unspecified atom stereocenters. The van der Waals surface area contributed by atoms with Crippen LogP contribution in [0, 0.1) is 0 Å². The van der Waals surface area contributed by atoms with Crippen LogP contribution in [0.2, 0.25) is 0 Å². The molecule has 0 saturated carbocycles. The average Bonchev–Trinajstić information content (AvgIpc) is 2.30. The van der Waals surface area contributed by atoms with Gasteiger partial charge < -0.3 is 9.84 Å².